The molecule has 0 radical (unpaired) electrons. The summed E-state index contributed by atoms with van der Waals surface area (Å²) >= 11 is 1.43. The van der Waals surface area contributed by atoms with Gasteiger partial charge in [-0.3, -0.25) is 14.5 Å². The van der Waals surface area contributed by atoms with Gasteiger partial charge < -0.3 is 14.7 Å². The third kappa shape index (κ3) is 4.19. The van der Waals surface area contributed by atoms with Crippen molar-refractivity contribution in [1.82, 2.24) is 14.8 Å². The zero-order valence-corrected chi connectivity index (χ0v) is 20.1. The van der Waals surface area contributed by atoms with Crippen molar-refractivity contribution in [2.45, 2.75) is 18.9 Å². The van der Waals surface area contributed by atoms with E-state index in [0.29, 0.717) is 31.7 Å². The minimum absolute atomic E-state index is 0.0113. The second kappa shape index (κ2) is 9.05. The van der Waals surface area contributed by atoms with Crippen LogP contribution in [-0.2, 0) is 11.2 Å². The summed E-state index contributed by atoms with van der Waals surface area (Å²) in [4.78, 5) is 37.9. The molecule has 0 saturated carbocycles. The molecule has 3 aliphatic rings. The van der Waals surface area contributed by atoms with Gasteiger partial charge in [-0.25, -0.2) is 9.37 Å². The number of benzene rings is 2. The number of thiazole rings is 1. The number of halogens is 1. The van der Waals surface area contributed by atoms with Gasteiger partial charge in [-0.2, -0.15) is 0 Å². The van der Waals surface area contributed by atoms with Crippen molar-refractivity contribution >= 4 is 40.2 Å². The van der Waals surface area contributed by atoms with Gasteiger partial charge in [-0.15, -0.1) is 11.3 Å². The Morgan fingerprint density at radius 2 is 1.74 bits per heavy atom. The normalized spacial score (nSPS) is 20.5. The molecule has 7 nitrogen and oxygen atoms in total. The van der Waals surface area contributed by atoms with E-state index < -0.39 is 0 Å². The van der Waals surface area contributed by atoms with Crippen molar-refractivity contribution in [2.75, 3.05) is 49.1 Å². The number of hydrogen-bond acceptors (Lipinski definition) is 6. The summed E-state index contributed by atoms with van der Waals surface area (Å²) in [5, 5.41) is 1.79. The number of hydrogen-bond donors (Lipinski definition) is 0. The fourth-order valence-electron chi connectivity index (χ4n) is 5.40. The quantitative estimate of drug-likeness (QED) is 0.559. The molecule has 35 heavy (non-hydrogen) atoms. The van der Waals surface area contributed by atoms with Gasteiger partial charge in [-0.1, -0.05) is 0 Å². The van der Waals surface area contributed by atoms with Crippen molar-refractivity contribution in [3.05, 3.63) is 70.4 Å². The van der Waals surface area contributed by atoms with E-state index in [9.17, 15) is 14.0 Å². The van der Waals surface area contributed by atoms with Crippen LogP contribution in [0.15, 0.2) is 53.4 Å². The Balaban J connectivity index is 1.11. The van der Waals surface area contributed by atoms with Crippen LogP contribution in [-0.4, -0.2) is 71.9 Å². The summed E-state index contributed by atoms with van der Waals surface area (Å²) < 4.78 is 13.3. The standard InChI is InChI=1S/C26H26FN5O2S/c27-19-1-3-20(4-2-19)31-8-7-18-13-21(5-6-24(18)31)32-15-22(14-25(32)33)29-9-11-30(12-10-29)26(34)23-16-35-17-28-23/h1-6,13,16-17,22H,7-12,14-15H2/t22-/m1/s1. The topological polar surface area (TPSA) is 60.0 Å². The van der Waals surface area contributed by atoms with Gasteiger partial charge in [0.1, 0.15) is 11.5 Å². The third-order valence-electron chi connectivity index (χ3n) is 7.28. The first kappa shape index (κ1) is 22.2. The maximum absolute atomic E-state index is 13.3. The van der Waals surface area contributed by atoms with Crippen LogP contribution in [0.4, 0.5) is 21.5 Å². The molecule has 0 spiro atoms. The smallest absolute Gasteiger partial charge is 0.273 e. The Bertz CT molecular complexity index is 1240. The molecule has 9 heteroatoms. The van der Waals surface area contributed by atoms with E-state index in [1.165, 1.54) is 29.0 Å². The van der Waals surface area contributed by atoms with Crippen LogP contribution in [0.2, 0.25) is 0 Å². The number of carbonyl (C=O) groups excluding carboxylic acids is 2. The predicted octanol–water partition coefficient (Wildman–Crippen LogP) is 3.54. The summed E-state index contributed by atoms with van der Waals surface area (Å²) in [6.45, 7) is 4.33. The van der Waals surface area contributed by atoms with Crippen molar-refractivity contribution in [3.8, 4) is 0 Å². The van der Waals surface area contributed by atoms with Gasteiger partial charge in [0.05, 0.1) is 5.51 Å². The zero-order chi connectivity index (χ0) is 23.9. The number of nitrogens with zero attached hydrogens (tertiary/aromatic N) is 5. The summed E-state index contributed by atoms with van der Waals surface area (Å²) in [5.74, 6) is -0.106. The maximum atomic E-state index is 13.3. The number of piperazine rings is 1. The molecular formula is C26H26FN5O2S. The van der Waals surface area contributed by atoms with Crippen molar-refractivity contribution < 1.29 is 14.0 Å². The lowest BCUT2D eigenvalue weighted by Crippen LogP contribution is -2.52. The molecule has 3 aliphatic heterocycles. The fraction of sp³-hybridized carbons (Fsp3) is 0.346. The summed E-state index contributed by atoms with van der Waals surface area (Å²) in [5.41, 5.74) is 6.43. The molecule has 2 amide bonds. The minimum atomic E-state index is -0.238. The lowest BCUT2D eigenvalue weighted by Gasteiger charge is -2.37. The number of aromatic nitrogens is 1. The van der Waals surface area contributed by atoms with Crippen molar-refractivity contribution in [2.24, 2.45) is 0 Å². The van der Waals surface area contributed by atoms with Gasteiger partial charge in [-0.05, 0) is 54.4 Å². The molecular weight excluding hydrogens is 465 g/mol. The third-order valence-corrected chi connectivity index (χ3v) is 7.87. The number of carbonyl (C=O) groups is 2. The molecule has 1 atom stereocenters. The lowest BCUT2D eigenvalue weighted by atomic mass is 10.1. The van der Waals surface area contributed by atoms with Crippen molar-refractivity contribution in [1.29, 1.82) is 0 Å². The van der Waals surface area contributed by atoms with Gasteiger partial charge in [0.15, 0.2) is 0 Å². The first-order valence-corrected chi connectivity index (χ1v) is 12.9. The fourth-order valence-corrected chi connectivity index (χ4v) is 5.92. The van der Waals surface area contributed by atoms with E-state index >= 15 is 0 Å². The number of amides is 2. The van der Waals surface area contributed by atoms with Gasteiger partial charge in [0, 0.05) is 74.2 Å². The number of anilines is 3. The van der Waals surface area contributed by atoms with Crippen LogP contribution in [0, 0.1) is 5.82 Å². The van der Waals surface area contributed by atoms with Crippen LogP contribution in [0.25, 0.3) is 0 Å². The monoisotopic (exact) mass is 491 g/mol. The first-order chi connectivity index (χ1) is 17.1. The SMILES string of the molecule is O=C(c1cscn1)N1CCN([C@@H]2CC(=O)N(c3ccc4c(c3)CCN4c3ccc(F)cc3)C2)CC1. The number of rotatable bonds is 4. The molecule has 0 bridgehead atoms. The summed E-state index contributed by atoms with van der Waals surface area (Å²) in [7, 11) is 0. The average Bonchev–Trinajstić information content (AvgIpc) is 3.64. The van der Waals surface area contributed by atoms with E-state index in [1.54, 1.807) is 23.0 Å². The van der Waals surface area contributed by atoms with E-state index in [-0.39, 0.29) is 23.7 Å². The van der Waals surface area contributed by atoms with Crippen LogP contribution < -0.4 is 9.80 Å². The second-order valence-electron chi connectivity index (χ2n) is 9.26. The van der Waals surface area contributed by atoms with Crippen LogP contribution in [0.1, 0.15) is 22.5 Å². The highest BCUT2D eigenvalue weighted by Gasteiger charge is 2.37. The lowest BCUT2D eigenvalue weighted by molar-refractivity contribution is -0.117. The molecule has 3 aromatic rings. The molecule has 4 heterocycles. The molecule has 6 rings (SSSR count). The number of fused-ring (bicyclic) bond motifs is 1. The van der Waals surface area contributed by atoms with Gasteiger partial charge in [0.25, 0.3) is 5.91 Å². The second-order valence-corrected chi connectivity index (χ2v) is 9.97. The highest BCUT2D eigenvalue weighted by Crippen LogP contribution is 2.37. The molecule has 0 aliphatic carbocycles. The summed E-state index contributed by atoms with van der Waals surface area (Å²) in [6, 6.07) is 13.0. The van der Waals surface area contributed by atoms with E-state index in [4.69, 9.17) is 0 Å². The van der Waals surface area contributed by atoms with Crippen LogP contribution in [0.5, 0.6) is 0 Å². The Morgan fingerprint density at radius 1 is 0.971 bits per heavy atom. The van der Waals surface area contributed by atoms with E-state index in [0.717, 1.165) is 43.1 Å². The predicted molar refractivity (Wildman–Crippen MR) is 134 cm³/mol. The Hall–Kier alpha value is -3.30. The largest absolute Gasteiger partial charge is 0.341 e. The molecule has 2 fully saturated rings. The van der Waals surface area contributed by atoms with Crippen LogP contribution >= 0.6 is 11.3 Å². The average molecular weight is 492 g/mol. The molecule has 2 aromatic carbocycles. The minimum Gasteiger partial charge on any atom is -0.341 e. The molecule has 180 valence electrons. The summed E-state index contributed by atoms with van der Waals surface area (Å²) in [6.07, 6.45) is 1.39. The van der Waals surface area contributed by atoms with Gasteiger partial charge >= 0.3 is 0 Å². The Morgan fingerprint density at radius 3 is 2.49 bits per heavy atom. The zero-order valence-electron chi connectivity index (χ0n) is 19.3. The molecule has 2 saturated heterocycles. The molecule has 0 N–H and O–H groups in total. The van der Waals surface area contributed by atoms with Crippen molar-refractivity contribution in [3.63, 3.8) is 0 Å². The molecule has 0 unspecified atom stereocenters. The van der Waals surface area contributed by atoms with E-state index in [1.807, 2.05) is 15.9 Å². The Labute approximate surface area is 207 Å². The van der Waals surface area contributed by atoms with Crippen LogP contribution in [0.3, 0.4) is 0 Å². The highest BCUT2D eigenvalue weighted by atomic mass is 32.1. The highest BCUT2D eigenvalue weighted by molar-refractivity contribution is 7.07. The van der Waals surface area contributed by atoms with Gasteiger partial charge in [0.2, 0.25) is 5.91 Å². The maximum Gasteiger partial charge on any atom is 0.273 e. The molecule has 1 aromatic heterocycles. The first-order valence-electron chi connectivity index (χ1n) is 11.9. The van der Waals surface area contributed by atoms with E-state index in [2.05, 4.69) is 26.9 Å². The Kier molecular flexibility index (Phi) is 5.74.